The van der Waals surface area contributed by atoms with Crippen LogP contribution in [-0.4, -0.2) is 28.5 Å². The van der Waals surface area contributed by atoms with E-state index in [9.17, 15) is 0 Å². The number of nitrogens with one attached hydrogen (secondary N) is 1. The average molecular weight is 257 g/mol. The molecular formula is C14H19N5. The first kappa shape index (κ1) is 13.3. The highest BCUT2D eigenvalue weighted by Gasteiger charge is 2.05. The van der Waals surface area contributed by atoms with E-state index in [-0.39, 0.29) is 0 Å². The zero-order valence-electron chi connectivity index (χ0n) is 11.4. The van der Waals surface area contributed by atoms with Gasteiger partial charge >= 0.3 is 0 Å². The Bertz CT molecular complexity index is 500. The standard InChI is InChI=1S/C14H19N5/c1-3-7-16-14-17-9-6-13(18-14)19(2)11-12-5-4-8-15-10-12/h4-6,8-10H,3,7,11H2,1-2H3,(H,16,17,18). The molecule has 0 radical (unpaired) electrons. The van der Waals surface area contributed by atoms with Crippen molar-refractivity contribution in [1.82, 2.24) is 15.0 Å². The van der Waals surface area contributed by atoms with Crippen LogP contribution in [0.4, 0.5) is 11.8 Å². The lowest BCUT2D eigenvalue weighted by Crippen LogP contribution is -2.18. The van der Waals surface area contributed by atoms with Gasteiger partial charge in [0.25, 0.3) is 0 Å². The first-order valence-electron chi connectivity index (χ1n) is 6.46. The Morgan fingerprint density at radius 1 is 1.26 bits per heavy atom. The van der Waals surface area contributed by atoms with E-state index in [1.54, 1.807) is 12.4 Å². The van der Waals surface area contributed by atoms with Crippen molar-refractivity contribution >= 4 is 11.8 Å². The van der Waals surface area contributed by atoms with Crippen LogP contribution in [-0.2, 0) is 6.54 Å². The maximum Gasteiger partial charge on any atom is 0.224 e. The molecule has 0 amide bonds. The number of nitrogens with zero attached hydrogens (tertiary/aromatic N) is 4. The van der Waals surface area contributed by atoms with Crippen LogP contribution in [0.25, 0.3) is 0 Å². The zero-order valence-corrected chi connectivity index (χ0v) is 11.4. The molecule has 2 aromatic rings. The molecular weight excluding hydrogens is 238 g/mol. The van der Waals surface area contributed by atoms with E-state index in [2.05, 4.69) is 38.2 Å². The summed E-state index contributed by atoms with van der Waals surface area (Å²) in [6.45, 7) is 3.78. The summed E-state index contributed by atoms with van der Waals surface area (Å²) in [5.41, 5.74) is 1.16. The molecule has 2 rings (SSSR count). The summed E-state index contributed by atoms with van der Waals surface area (Å²) in [6.07, 6.45) is 6.48. The van der Waals surface area contributed by atoms with Crippen LogP contribution in [0.15, 0.2) is 36.8 Å². The lowest BCUT2D eigenvalue weighted by atomic mass is 10.3. The van der Waals surface area contributed by atoms with Crippen molar-refractivity contribution in [1.29, 1.82) is 0 Å². The predicted molar refractivity (Wildman–Crippen MR) is 77.2 cm³/mol. The van der Waals surface area contributed by atoms with Crippen LogP contribution in [0.2, 0.25) is 0 Å². The fraction of sp³-hybridized carbons (Fsp3) is 0.357. The molecule has 0 spiro atoms. The van der Waals surface area contributed by atoms with Gasteiger partial charge in [0.05, 0.1) is 0 Å². The Balaban J connectivity index is 2.04. The van der Waals surface area contributed by atoms with Crippen molar-refractivity contribution in [3.05, 3.63) is 42.4 Å². The third kappa shape index (κ3) is 3.91. The minimum atomic E-state index is 0.678. The second-order valence-corrected chi connectivity index (χ2v) is 4.38. The molecule has 0 aliphatic rings. The van der Waals surface area contributed by atoms with E-state index in [4.69, 9.17) is 0 Å². The monoisotopic (exact) mass is 257 g/mol. The summed E-state index contributed by atoms with van der Waals surface area (Å²) in [5, 5.41) is 3.19. The first-order chi connectivity index (χ1) is 9.29. The molecule has 0 atom stereocenters. The summed E-state index contributed by atoms with van der Waals surface area (Å²) < 4.78 is 0. The lowest BCUT2D eigenvalue weighted by molar-refractivity contribution is 0.879. The fourth-order valence-electron chi connectivity index (χ4n) is 1.73. The van der Waals surface area contributed by atoms with Gasteiger partial charge in [0.1, 0.15) is 5.82 Å². The third-order valence-electron chi connectivity index (χ3n) is 2.71. The second kappa shape index (κ2) is 6.68. The van der Waals surface area contributed by atoms with Gasteiger partial charge in [-0.15, -0.1) is 0 Å². The third-order valence-corrected chi connectivity index (χ3v) is 2.71. The Labute approximate surface area is 113 Å². The van der Waals surface area contributed by atoms with Gasteiger partial charge in [0.15, 0.2) is 0 Å². The van der Waals surface area contributed by atoms with Gasteiger partial charge in [0, 0.05) is 38.7 Å². The SMILES string of the molecule is CCCNc1nccc(N(C)Cc2cccnc2)n1. The second-order valence-electron chi connectivity index (χ2n) is 4.38. The molecule has 19 heavy (non-hydrogen) atoms. The van der Waals surface area contributed by atoms with Gasteiger partial charge in [-0.05, 0) is 24.1 Å². The molecule has 0 aromatic carbocycles. The molecule has 1 N–H and O–H groups in total. The quantitative estimate of drug-likeness (QED) is 0.860. The molecule has 2 aromatic heterocycles. The van der Waals surface area contributed by atoms with Gasteiger partial charge < -0.3 is 10.2 Å². The summed E-state index contributed by atoms with van der Waals surface area (Å²) >= 11 is 0. The molecule has 100 valence electrons. The Kier molecular flexibility index (Phi) is 4.66. The number of hydrogen-bond acceptors (Lipinski definition) is 5. The first-order valence-corrected chi connectivity index (χ1v) is 6.46. The normalized spacial score (nSPS) is 10.2. The number of aromatic nitrogens is 3. The topological polar surface area (TPSA) is 53.9 Å². The zero-order chi connectivity index (χ0) is 13.5. The molecule has 0 fully saturated rings. The van der Waals surface area contributed by atoms with Crippen molar-refractivity contribution in [2.24, 2.45) is 0 Å². The molecule has 0 saturated heterocycles. The van der Waals surface area contributed by atoms with Crippen LogP contribution in [0.5, 0.6) is 0 Å². The maximum absolute atomic E-state index is 4.49. The Hall–Kier alpha value is -2.17. The minimum Gasteiger partial charge on any atom is -0.355 e. The largest absolute Gasteiger partial charge is 0.355 e. The van der Waals surface area contributed by atoms with Crippen LogP contribution in [0, 0.1) is 0 Å². The Morgan fingerprint density at radius 2 is 2.16 bits per heavy atom. The van der Waals surface area contributed by atoms with Gasteiger partial charge in [-0.2, -0.15) is 4.98 Å². The van der Waals surface area contributed by atoms with E-state index in [0.29, 0.717) is 5.95 Å². The van der Waals surface area contributed by atoms with Gasteiger partial charge in [0.2, 0.25) is 5.95 Å². The summed E-state index contributed by atoms with van der Waals surface area (Å²) in [7, 11) is 2.01. The number of rotatable bonds is 6. The minimum absolute atomic E-state index is 0.678. The highest BCUT2D eigenvalue weighted by molar-refractivity contribution is 5.42. The van der Waals surface area contributed by atoms with Crippen molar-refractivity contribution in [3.63, 3.8) is 0 Å². The summed E-state index contributed by atoms with van der Waals surface area (Å²) in [5.74, 6) is 1.58. The highest BCUT2D eigenvalue weighted by Crippen LogP contribution is 2.13. The van der Waals surface area contributed by atoms with Crippen molar-refractivity contribution in [2.45, 2.75) is 19.9 Å². The van der Waals surface area contributed by atoms with Crippen molar-refractivity contribution in [3.8, 4) is 0 Å². The molecule has 0 saturated carbocycles. The van der Waals surface area contributed by atoms with Crippen molar-refractivity contribution < 1.29 is 0 Å². The fourth-order valence-corrected chi connectivity index (χ4v) is 1.73. The smallest absolute Gasteiger partial charge is 0.224 e. The van der Waals surface area contributed by atoms with Gasteiger partial charge in [-0.1, -0.05) is 13.0 Å². The molecule has 0 bridgehead atoms. The summed E-state index contributed by atoms with van der Waals surface area (Å²) in [4.78, 5) is 14.9. The van der Waals surface area contributed by atoms with Gasteiger partial charge in [-0.25, -0.2) is 4.98 Å². The summed E-state index contributed by atoms with van der Waals surface area (Å²) in [6, 6.07) is 5.91. The maximum atomic E-state index is 4.49. The van der Waals surface area contributed by atoms with E-state index in [0.717, 1.165) is 30.9 Å². The highest BCUT2D eigenvalue weighted by atomic mass is 15.2. The number of pyridine rings is 1. The van der Waals surface area contributed by atoms with Crippen molar-refractivity contribution in [2.75, 3.05) is 23.8 Å². The number of anilines is 2. The van der Waals surface area contributed by atoms with Crippen LogP contribution in [0.3, 0.4) is 0 Å². The van der Waals surface area contributed by atoms with Crippen LogP contribution in [0.1, 0.15) is 18.9 Å². The Morgan fingerprint density at radius 3 is 2.89 bits per heavy atom. The average Bonchev–Trinajstić information content (AvgIpc) is 2.46. The molecule has 0 unspecified atom stereocenters. The van der Waals surface area contributed by atoms with E-state index in [1.165, 1.54) is 0 Å². The van der Waals surface area contributed by atoms with Crippen LogP contribution >= 0.6 is 0 Å². The van der Waals surface area contributed by atoms with Crippen LogP contribution < -0.4 is 10.2 Å². The predicted octanol–water partition coefficient (Wildman–Crippen LogP) is 2.33. The number of hydrogen-bond donors (Lipinski definition) is 1. The molecule has 0 aliphatic heterocycles. The van der Waals surface area contributed by atoms with E-state index >= 15 is 0 Å². The van der Waals surface area contributed by atoms with E-state index < -0.39 is 0 Å². The molecule has 2 heterocycles. The molecule has 0 aliphatic carbocycles. The van der Waals surface area contributed by atoms with E-state index in [1.807, 2.05) is 25.4 Å². The van der Waals surface area contributed by atoms with Gasteiger partial charge in [-0.3, -0.25) is 4.98 Å². The lowest BCUT2D eigenvalue weighted by Gasteiger charge is -2.18. The molecule has 5 heteroatoms. The molecule has 5 nitrogen and oxygen atoms in total.